The first-order chi connectivity index (χ1) is 16.7. The van der Waals surface area contributed by atoms with E-state index >= 15 is 0 Å². The summed E-state index contributed by atoms with van der Waals surface area (Å²) in [6, 6.07) is 13.9. The molecule has 1 amide bonds. The van der Waals surface area contributed by atoms with Gasteiger partial charge >= 0.3 is 5.97 Å². The van der Waals surface area contributed by atoms with Gasteiger partial charge in [-0.25, -0.2) is 4.79 Å². The van der Waals surface area contributed by atoms with Gasteiger partial charge in [0.2, 0.25) is 11.7 Å². The summed E-state index contributed by atoms with van der Waals surface area (Å²) < 4.78 is 4.99. The van der Waals surface area contributed by atoms with Crippen LogP contribution in [0.15, 0.2) is 60.7 Å². The molecule has 1 N–H and O–H groups in total. The van der Waals surface area contributed by atoms with Crippen molar-refractivity contribution in [3.8, 4) is 0 Å². The number of anilines is 1. The van der Waals surface area contributed by atoms with E-state index in [1.54, 1.807) is 6.07 Å². The van der Waals surface area contributed by atoms with Crippen LogP contribution in [0.25, 0.3) is 0 Å². The normalized spacial score (nSPS) is 11.8. The van der Waals surface area contributed by atoms with E-state index < -0.39 is 51.7 Å². The molecule has 1 aliphatic rings. The highest BCUT2D eigenvalue weighted by Crippen LogP contribution is 2.35. The van der Waals surface area contributed by atoms with Crippen molar-refractivity contribution in [3.63, 3.8) is 0 Å². The molecule has 0 aliphatic heterocycles. The van der Waals surface area contributed by atoms with Gasteiger partial charge in [0.05, 0.1) is 4.92 Å². The summed E-state index contributed by atoms with van der Waals surface area (Å²) in [4.78, 5) is 72.9. The molecule has 35 heavy (non-hydrogen) atoms. The number of fused-ring (bicyclic) bond motifs is 2. The molecule has 0 unspecified atom stereocenters. The Bertz CT molecular complexity index is 1440. The highest BCUT2D eigenvalue weighted by atomic mass is 16.6. The van der Waals surface area contributed by atoms with Crippen LogP contribution < -0.4 is 5.32 Å². The third kappa shape index (κ3) is 4.32. The molecule has 3 aromatic rings. The molecule has 10 nitrogen and oxygen atoms in total. The summed E-state index contributed by atoms with van der Waals surface area (Å²) in [7, 11) is 0. The molecular weight excluding hydrogens is 456 g/mol. The van der Waals surface area contributed by atoms with Crippen LogP contribution in [-0.2, 0) is 9.53 Å². The van der Waals surface area contributed by atoms with E-state index in [2.05, 4.69) is 5.32 Å². The second-order valence-electron chi connectivity index (χ2n) is 7.60. The average Bonchev–Trinajstić information content (AvgIpc) is 2.84. The van der Waals surface area contributed by atoms with Crippen LogP contribution in [-0.4, -0.2) is 40.8 Å². The van der Waals surface area contributed by atoms with Gasteiger partial charge in [0.15, 0.2) is 18.2 Å². The van der Waals surface area contributed by atoms with E-state index in [1.165, 1.54) is 49.4 Å². The van der Waals surface area contributed by atoms with E-state index in [9.17, 15) is 34.1 Å². The first-order valence-corrected chi connectivity index (χ1v) is 10.3. The van der Waals surface area contributed by atoms with Gasteiger partial charge in [-0.1, -0.05) is 24.3 Å². The quantitative estimate of drug-likeness (QED) is 0.194. The highest BCUT2D eigenvalue weighted by Gasteiger charge is 2.39. The zero-order chi connectivity index (χ0) is 25.3. The maximum atomic E-state index is 13.0. The zero-order valence-electron chi connectivity index (χ0n) is 18.2. The maximum absolute atomic E-state index is 13.0. The van der Waals surface area contributed by atoms with Crippen LogP contribution >= 0.6 is 0 Å². The lowest BCUT2D eigenvalue weighted by atomic mass is 9.82. The van der Waals surface area contributed by atoms with Crippen LogP contribution in [0.3, 0.4) is 0 Å². The van der Waals surface area contributed by atoms with Crippen molar-refractivity contribution in [1.82, 2.24) is 0 Å². The Hall–Kier alpha value is -4.99. The molecule has 4 rings (SSSR count). The van der Waals surface area contributed by atoms with Gasteiger partial charge in [-0.3, -0.25) is 29.3 Å². The number of amides is 1. The van der Waals surface area contributed by atoms with Gasteiger partial charge in [0.1, 0.15) is 11.1 Å². The Morgan fingerprint density at radius 2 is 1.51 bits per heavy atom. The Morgan fingerprint density at radius 3 is 2.11 bits per heavy atom. The average molecular weight is 472 g/mol. The lowest BCUT2D eigenvalue weighted by Gasteiger charge is -2.18. The van der Waals surface area contributed by atoms with Crippen molar-refractivity contribution in [3.05, 3.63) is 104 Å². The number of rotatable bonds is 6. The van der Waals surface area contributed by atoms with E-state index in [0.717, 1.165) is 12.1 Å². The smallest absolute Gasteiger partial charge is 0.345 e. The Balaban J connectivity index is 1.60. The van der Waals surface area contributed by atoms with Gasteiger partial charge in [-0.15, -0.1) is 0 Å². The number of esters is 1. The molecule has 0 aromatic heterocycles. The van der Waals surface area contributed by atoms with Crippen molar-refractivity contribution >= 4 is 40.6 Å². The summed E-state index contributed by atoms with van der Waals surface area (Å²) in [6.07, 6.45) is 0. The van der Waals surface area contributed by atoms with Crippen molar-refractivity contribution in [1.29, 1.82) is 0 Å². The number of Topliss-reactive ketones (excluding diaryl/α,β-unsaturated/α-hetero) is 1. The lowest BCUT2D eigenvalue weighted by Crippen LogP contribution is -2.24. The molecule has 1 aliphatic carbocycles. The number of benzene rings is 3. The Labute approximate surface area is 197 Å². The van der Waals surface area contributed by atoms with E-state index in [-0.39, 0.29) is 28.2 Å². The number of ketones is 3. The fraction of sp³-hybridized carbons (Fsp3) is 0.0800. The highest BCUT2D eigenvalue weighted by molar-refractivity contribution is 6.30. The van der Waals surface area contributed by atoms with Crippen LogP contribution in [0.1, 0.15) is 59.5 Å². The predicted molar refractivity (Wildman–Crippen MR) is 122 cm³/mol. The minimum atomic E-state index is -1.19. The SMILES string of the molecule is CC(=O)Nc1ccc(C(=O)COC(=O)c2ccc3c(c2[N+](=O)[O-])C(=O)c2ccccc2C3=O)cc1. The summed E-state index contributed by atoms with van der Waals surface area (Å²) in [5, 5.41) is 14.4. The molecule has 0 radical (unpaired) electrons. The Kier molecular flexibility index (Phi) is 6.03. The van der Waals surface area contributed by atoms with Crippen molar-refractivity contribution < 1.29 is 33.6 Å². The van der Waals surface area contributed by atoms with Crippen molar-refractivity contribution in [2.24, 2.45) is 0 Å². The molecular formula is C25H16N2O8. The largest absolute Gasteiger partial charge is 0.454 e. The number of nitro benzene ring substituents is 1. The second kappa shape index (κ2) is 9.10. The zero-order valence-corrected chi connectivity index (χ0v) is 18.2. The van der Waals surface area contributed by atoms with Gasteiger partial charge in [0.25, 0.3) is 5.69 Å². The number of ether oxygens (including phenoxy) is 1. The number of hydrogen-bond acceptors (Lipinski definition) is 8. The summed E-state index contributed by atoms with van der Waals surface area (Å²) in [5.41, 5.74) is -1.32. The third-order valence-corrected chi connectivity index (χ3v) is 5.33. The van der Waals surface area contributed by atoms with Gasteiger partial charge < -0.3 is 10.1 Å². The number of carbonyl (C=O) groups excluding carboxylic acids is 5. The Morgan fingerprint density at radius 1 is 0.886 bits per heavy atom. The molecule has 3 aromatic carbocycles. The van der Waals surface area contributed by atoms with Gasteiger partial charge in [-0.05, 0) is 36.4 Å². The number of carbonyl (C=O) groups is 5. The summed E-state index contributed by atoms with van der Waals surface area (Å²) in [6.45, 7) is 0.614. The molecule has 0 heterocycles. The fourth-order valence-corrected chi connectivity index (χ4v) is 3.76. The first-order valence-electron chi connectivity index (χ1n) is 10.3. The second-order valence-corrected chi connectivity index (χ2v) is 7.60. The van der Waals surface area contributed by atoms with Crippen molar-refractivity contribution in [2.45, 2.75) is 6.92 Å². The monoisotopic (exact) mass is 472 g/mol. The number of nitro groups is 1. The summed E-state index contributed by atoms with van der Waals surface area (Å²) in [5.74, 6) is -3.40. The number of nitrogens with zero attached hydrogens (tertiary/aromatic N) is 1. The van der Waals surface area contributed by atoms with Crippen LogP contribution in [0.2, 0.25) is 0 Å². The lowest BCUT2D eigenvalue weighted by molar-refractivity contribution is -0.385. The maximum Gasteiger partial charge on any atom is 0.345 e. The standard InChI is InChI=1S/C25H16N2O8/c1-13(28)26-15-8-6-14(7-9-15)20(29)12-35-25(32)19-11-10-18-21(22(19)27(33)34)24(31)17-5-3-2-4-16(17)23(18)30/h2-11H,12H2,1H3,(H,26,28). The minimum Gasteiger partial charge on any atom is -0.454 e. The molecule has 0 spiro atoms. The fourth-order valence-electron chi connectivity index (χ4n) is 3.76. The first kappa shape index (κ1) is 23.2. The number of nitrogens with one attached hydrogen (secondary N) is 1. The number of hydrogen-bond donors (Lipinski definition) is 1. The molecule has 0 saturated heterocycles. The van der Waals surface area contributed by atoms with Crippen molar-refractivity contribution in [2.75, 3.05) is 11.9 Å². The topological polar surface area (TPSA) is 150 Å². The summed E-state index contributed by atoms with van der Waals surface area (Å²) >= 11 is 0. The molecule has 10 heteroatoms. The van der Waals surface area contributed by atoms with Crippen LogP contribution in [0.5, 0.6) is 0 Å². The molecule has 0 saturated carbocycles. The van der Waals surface area contributed by atoms with Crippen LogP contribution in [0.4, 0.5) is 11.4 Å². The molecule has 0 fully saturated rings. The van der Waals surface area contributed by atoms with E-state index in [4.69, 9.17) is 4.74 Å². The molecule has 174 valence electrons. The van der Waals surface area contributed by atoms with Gasteiger partial charge in [-0.2, -0.15) is 0 Å². The van der Waals surface area contributed by atoms with Gasteiger partial charge in [0, 0.05) is 34.9 Å². The van der Waals surface area contributed by atoms with E-state index in [0.29, 0.717) is 5.69 Å². The van der Waals surface area contributed by atoms with Crippen LogP contribution in [0, 0.1) is 10.1 Å². The third-order valence-electron chi connectivity index (χ3n) is 5.33. The minimum absolute atomic E-state index is 0.00324. The molecule has 0 atom stereocenters. The van der Waals surface area contributed by atoms with E-state index in [1.807, 2.05) is 0 Å². The predicted octanol–water partition coefficient (Wildman–Crippen LogP) is 3.37. The molecule has 0 bridgehead atoms.